The van der Waals surface area contributed by atoms with Gasteiger partial charge in [0.15, 0.2) is 0 Å². The Balaban J connectivity index is 1.60. The van der Waals surface area contributed by atoms with Gasteiger partial charge in [-0.15, -0.1) is 0 Å². The topological polar surface area (TPSA) is 27.7 Å². The summed E-state index contributed by atoms with van der Waals surface area (Å²) in [4.78, 5) is 5.05. The molecule has 0 spiro atoms. The molecule has 18 heavy (non-hydrogen) atoms. The molecule has 1 aromatic carbocycles. The van der Waals surface area contributed by atoms with Crippen molar-refractivity contribution in [1.29, 1.82) is 0 Å². The Morgan fingerprint density at radius 3 is 2.56 bits per heavy atom. The highest BCUT2D eigenvalue weighted by Crippen LogP contribution is 2.22. The van der Waals surface area contributed by atoms with E-state index < -0.39 is 0 Å². The molecule has 2 aliphatic heterocycles. The summed E-state index contributed by atoms with van der Waals surface area (Å²) in [5.74, 6) is 0.943. The molecule has 0 amide bonds. The second-order valence-electron chi connectivity index (χ2n) is 5.04. The van der Waals surface area contributed by atoms with Gasteiger partial charge in [0.05, 0.1) is 7.11 Å². The Kier molecular flexibility index (Phi) is 3.39. The largest absolute Gasteiger partial charge is 0.497 e. The van der Waals surface area contributed by atoms with Crippen LogP contribution in [0, 0.1) is 0 Å². The molecule has 1 N–H and O–H groups in total. The second-order valence-corrected chi connectivity index (χ2v) is 5.04. The molecule has 0 unspecified atom stereocenters. The van der Waals surface area contributed by atoms with E-state index in [1.807, 2.05) is 6.07 Å². The van der Waals surface area contributed by atoms with E-state index >= 15 is 0 Å². The second kappa shape index (κ2) is 5.16. The Labute approximate surface area is 109 Å². The summed E-state index contributed by atoms with van der Waals surface area (Å²) in [7, 11) is 1.72. The van der Waals surface area contributed by atoms with Gasteiger partial charge in [-0.05, 0) is 12.1 Å². The normalized spacial score (nSPS) is 21.7. The third kappa shape index (κ3) is 2.31. The molecule has 98 valence electrons. The molecule has 1 aromatic rings. The van der Waals surface area contributed by atoms with Crippen molar-refractivity contribution in [3.63, 3.8) is 0 Å². The molecule has 3 rings (SSSR count). The molecule has 4 heteroatoms. The van der Waals surface area contributed by atoms with Crippen LogP contribution in [0.5, 0.6) is 5.75 Å². The lowest BCUT2D eigenvalue weighted by atomic mass is 10.1. The number of methoxy groups -OCH3 is 1. The zero-order valence-corrected chi connectivity index (χ0v) is 10.9. The first kappa shape index (κ1) is 11.8. The van der Waals surface area contributed by atoms with Crippen LogP contribution in [0.25, 0.3) is 0 Å². The molecule has 2 heterocycles. The average molecular weight is 247 g/mol. The predicted molar refractivity (Wildman–Crippen MR) is 73.4 cm³/mol. The minimum absolute atomic E-state index is 0.775. The van der Waals surface area contributed by atoms with Crippen LogP contribution in [0.1, 0.15) is 0 Å². The van der Waals surface area contributed by atoms with E-state index in [4.69, 9.17) is 4.74 Å². The Morgan fingerprint density at radius 2 is 1.94 bits per heavy atom. The SMILES string of the molecule is COc1cccc(N2CCN(C3CNC3)CC2)c1. The van der Waals surface area contributed by atoms with E-state index in [0.717, 1.165) is 24.9 Å². The summed E-state index contributed by atoms with van der Waals surface area (Å²) in [5, 5.41) is 3.34. The van der Waals surface area contributed by atoms with Crippen molar-refractivity contribution in [2.75, 3.05) is 51.3 Å². The Bertz CT molecular complexity index is 398. The van der Waals surface area contributed by atoms with E-state index in [2.05, 4.69) is 33.3 Å². The summed E-state index contributed by atoms with van der Waals surface area (Å²) in [6, 6.07) is 9.14. The highest BCUT2D eigenvalue weighted by molar-refractivity contribution is 5.51. The molecule has 0 saturated carbocycles. The fourth-order valence-corrected chi connectivity index (χ4v) is 2.68. The van der Waals surface area contributed by atoms with E-state index in [1.54, 1.807) is 7.11 Å². The van der Waals surface area contributed by atoms with Gasteiger partial charge < -0.3 is 15.0 Å². The van der Waals surface area contributed by atoms with Crippen molar-refractivity contribution in [3.05, 3.63) is 24.3 Å². The van der Waals surface area contributed by atoms with Gasteiger partial charge in [0.1, 0.15) is 5.75 Å². The maximum Gasteiger partial charge on any atom is 0.120 e. The van der Waals surface area contributed by atoms with E-state index in [1.165, 1.54) is 31.9 Å². The van der Waals surface area contributed by atoms with Crippen molar-refractivity contribution >= 4 is 5.69 Å². The van der Waals surface area contributed by atoms with Gasteiger partial charge in [-0.1, -0.05) is 6.07 Å². The molecule has 0 atom stereocenters. The number of hydrogen-bond acceptors (Lipinski definition) is 4. The third-order valence-electron chi connectivity index (χ3n) is 4.01. The van der Waals surface area contributed by atoms with Crippen molar-refractivity contribution in [1.82, 2.24) is 10.2 Å². The predicted octanol–water partition coefficient (Wildman–Crippen LogP) is 0.789. The Morgan fingerprint density at radius 1 is 1.17 bits per heavy atom. The molecule has 0 aromatic heterocycles. The number of piperazine rings is 1. The van der Waals surface area contributed by atoms with Crippen LogP contribution in [-0.2, 0) is 0 Å². The zero-order valence-electron chi connectivity index (χ0n) is 10.9. The maximum atomic E-state index is 5.29. The van der Waals surface area contributed by atoms with Gasteiger partial charge >= 0.3 is 0 Å². The first-order valence-corrected chi connectivity index (χ1v) is 6.70. The number of nitrogens with zero attached hydrogens (tertiary/aromatic N) is 2. The highest BCUT2D eigenvalue weighted by atomic mass is 16.5. The third-order valence-corrected chi connectivity index (χ3v) is 4.01. The molecular weight excluding hydrogens is 226 g/mol. The number of anilines is 1. The minimum atomic E-state index is 0.775. The van der Waals surface area contributed by atoms with Gasteiger partial charge in [0.25, 0.3) is 0 Å². The van der Waals surface area contributed by atoms with Crippen molar-refractivity contribution in [3.8, 4) is 5.75 Å². The highest BCUT2D eigenvalue weighted by Gasteiger charge is 2.27. The van der Waals surface area contributed by atoms with Gasteiger partial charge in [0, 0.05) is 57.1 Å². The zero-order chi connectivity index (χ0) is 12.4. The number of benzene rings is 1. The summed E-state index contributed by atoms with van der Waals surface area (Å²) in [6.07, 6.45) is 0. The summed E-state index contributed by atoms with van der Waals surface area (Å²) >= 11 is 0. The van der Waals surface area contributed by atoms with Crippen LogP contribution >= 0.6 is 0 Å². The van der Waals surface area contributed by atoms with E-state index in [9.17, 15) is 0 Å². The average Bonchev–Trinajstić information content (AvgIpc) is 2.38. The summed E-state index contributed by atoms with van der Waals surface area (Å²) in [6.45, 7) is 6.90. The van der Waals surface area contributed by atoms with Crippen LogP contribution in [-0.4, -0.2) is 57.3 Å². The van der Waals surface area contributed by atoms with Crippen LogP contribution in [0.3, 0.4) is 0 Å². The van der Waals surface area contributed by atoms with Crippen LogP contribution in [0.4, 0.5) is 5.69 Å². The first-order chi connectivity index (χ1) is 8.86. The number of rotatable bonds is 3. The molecule has 0 aliphatic carbocycles. The van der Waals surface area contributed by atoms with Gasteiger partial charge in [-0.2, -0.15) is 0 Å². The van der Waals surface area contributed by atoms with Crippen LogP contribution in [0.2, 0.25) is 0 Å². The number of ether oxygens (including phenoxy) is 1. The quantitative estimate of drug-likeness (QED) is 0.854. The van der Waals surface area contributed by atoms with Crippen LogP contribution < -0.4 is 15.0 Å². The van der Waals surface area contributed by atoms with Gasteiger partial charge in [0.2, 0.25) is 0 Å². The molecule has 2 saturated heterocycles. The van der Waals surface area contributed by atoms with E-state index in [-0.39, 0.29) is 0 Å². The molecule has 4 nitrogen and oxygen atoms in total. The lowest BCUT2D eigenvalue weighted by Gasteiger charge is -2.43. The monoisotopic (exact) mass is 247 g/mol. The fourth-order valence-electron chi connectivity index (χ4n) is 2.68. The lowest BCUT2D eigenvalue weighted by molar-refractivity contribution is 0.138. The lowest BCUT2D eigenvalue weighted by Crippen LogP contribution is -2.61. The standard InChI is InChI=1S/C14H21N3O/c1-18-14-4-2-3-12(9-14)16-5-7-17(8-6-16)13-10-15-11-13/h2-4,9,13,15H,5-8,10-11H2,1H3. The van der Waals surface area contributed by atoms with Crippen molar-refractivity contribution in [2.24, 2.45) is 0 Å². The molecule has 2 fully saturated rings. The molecular formula is C14H21N3O. The summed E-state index contributed by atoms with van der Waals surface area (Å²) in [5.41, 5.74) is 1.28. The molecule has 0 radical (unpaired) electrons. The van der Waals surface area contributed by atoms with Crippen LogP contribution in [0.15, 0.2) is 24.3 Å². The van der Waals surface area contributed by atoms with Gasteiger partial charge in [-0.3, -0.25) is 4.90 Å². The summed E-state index contributed by atoms with van der Waals surface area (Å²) < 4.78 is 5.29. The smallest absolute Gasteiger partial charge is 0.120 e. The van der Waals surface area contributed by atoms with Gasteiger partial charge in [-0.25, -0.2) is 0 Å². The fraction of sp³-hybridized carbons (Fsp3) is 0.571. The number of nitrogens with one attached hydrogen (secondary N) is 1. The maximum absolute atomic E-state index is 5.29. The first-order valence-electron chi connectivity index (χ1n) is 6.70. The number of hydrogen-bond donors (Lipinski definition) is 1. The molecule has 2 aliphatic rings. The minimum Gasteiger partial charge on any atom is -0.497 e. The van der Waals surface area contributed by atoms with Crippen molar-refractivity contribution in [2.45, 2.75) is 6.04 Å². The Hall–Kier alpha value is -1.26. The molecule has 0 bridgehead atoms. The van der Waals surface area contributed by atoms with Crippen molar-refractivity contribution < 1.29 is 4.74 Å². The van der Waals surface area contributed by atoms with E-state index in [0.29, 0.717) is 0 Å².